The Balaban J connectivity index is 2.19. The molecule has 0 bridgehead atoms. The van der Waals surface area contributed by atoms with Crippen molar-refractivity contribution in [3.8, 4) is 0 Å². The van der Waals surface area contributed by atoms with Crippen molar-refractivity contribution in [1.29, 1.82) is 0 Å². The van der Waals surface area contributed by atoms with Crippen LogP contribution in [-0.2, 0) is 11.2 Å². The summed E-state index contributed by atoms with van der Waals surface area (Å²) in [6, 6.07) is 0.248. The summed E-state index contributed by atoms with van der Waals surface area (Å²) in [6.45, 7) is 5.65. The Morgan fingerprint density at radius 1 is 1.58 bits per heavy atom. The van der Waals surface area contributed by atoms with Crippen LogP contribution in [0.25, 0.3) is 0 Å². The molecule has 1 heterocycles. The molecule has 1 atom stereocenters. The molecule has 19 heavy (non-hydrogen) atoms. The molecule has 1 rings (SSSR count). The highest BCUT2D eigenvalue weighted by molar-refractivity contribution is 7.09. The van der Waals surface area contributed by atoms with E-state index in [9.17, 15) is 0 Å². The predicted molar refractivity (Wildman–Crippen MR) is 81.0 cm³/mol. The zero-order valence-corrected chi connectivity index (χ0v) is 13.0. The second-order valence-electron chi connectivity index (χ2n) is 4.49. The fourth-order valence-electron chi connectivity index (χ4n) is 1.68. The van der Waals surface area contributed by atoms with Gasteiger partial charge >= 0.3 is 0 Å². The number of hydrogen-bond donors (Lipinski definition) is 2. The van der Waals surface area contributed by atoms with Crippen LogP contribution in [0.2, 0.25) is 0 Å². The Morgan fingerprint density at radius 2 is 2.37 bits per heavy atom. The lowest BCUT2D eigenvalue weighted by atomic mass is 10.3. The van der Waals surface area contributed by atoms with Crippen molar-refractivity contribution in [3.63, 3.8) is 0 Å². The second-order valence-corrected chi connectivity index (χ2v) is 5.43. The van der Waals surface area contributed by atoms with Gasteiger partial charge in [-0.1, -0.05) is 0 Å². The van der Waals surface area contributed by atoms with Gasteiger partial charge < -0.3 is 15.4 Å². The van der Waals surface area contributed by atoms with Crippen LogP contribution in [0.1, 0.15) is 24.0 Å². The van der Waals surface area contributed by atoms with Gasteiger partial charge in [0.25, 0.3) is 0 Å². The maximum Gasteiger partial charge on any atom is 0.191 e. The fourth-order valence-corrected chi connectivity index (χ4v) is 2.50. The number of hydrogen-bond acceptors (Lipinski definition) is 4. The van der Waals surface area contributed by atoms with Crippen molar-refractivity contribution < 1.29 is 4.74 Å². The van der Waals surface area contributed by atoms with E-state index in [0.29, 0.717) is 6.61 Å². The van der Waals surface area contributed by atoms with Crippen molar-refractivity contribution in [2.45, 2.75) is 32.7 Å². The van der Waals surface area contributed by atoms with Crippen LogP contribution in [-0.4, -0.2) is 44.3 Å². The average molecular weight is 284 g/mol. The maximum absolute atomic E-state index is 5.08. The summed E-state index contributed by atoms with van der Waals surface area (Å²) in [5.41, 5.74) is 1.11. The van der Waals surface area contributed by atoms with E-state index in [-0.39, 0.29) is 6.04 Å². The molecule has 0 aromatic carbocycles. The highest BCUT2D eigenvalue weighted by Crippen LogP contribution is 2.10. The Kier molecular flexibility index (Phi) is 7.43. The largest absolute Gasteiger partial charge is 0.383 e. The zero-order valence-electron chi connectivity index (χ0n) is 12.2. The molecule has 0 aliphatic heterocycles. The Bertz CT molecular complexity index is 392. The Morgan fingerprint density at radius 3 is 2.95 bits per heavy atom. The maximum atomic E-state index is 5.08. The molecule has 0 spiro atoms. The van der Waals surface area contributed by atoms with Crippen LogP contribution in [0, 0.1) is 6.92 Å². The molecule has 0 fully saturated rings. The van der Waals surface area contributed by atoms with E-state index in [1.807, 2.05) is 6.92 Å². The molecule has 0 aliphatic rings. The van der Waals surface area contributed by atoms with Crippen LogP contribution in [0.4, 0.5) is 0 Å². The molecule has 108 valence electrons. The third kappa shape index (κ3) is 6.54. The van der Waals surface area contributed by atoms with Gasteiger partial charge in [0.15, 0.2) is 5.96 Å². The van der Waals surface area contributed by atoms with Gasteiger partial charge in [-0.15, -0.1) is 11.3 Å². The quantitative estimate of drug-likeness (QED) is 0.453. The third-order valence-electron chi connectivity index (χ3n) is 2.55. The third-order valence-corrected chi connectivity index (χ3v) is 3.58. The van der Waals surface area contributed by atoms with Gasteiger partial charge in [-0.3, -0.25) is 4.99 Å². The summed E-state index contributed by atoms with van der Waals surface area (Å²) < 4.78 is 5.08. The van der Waals surface area contributed by atoms with Gasteiger partial charge in [0, 0.05) is 44.2 Å². The number of guanidine groups is 1. The monoisotopic (exact) mass is 284 g/mol. The number of methoxy groups -OCH3 is 1. The van der Waals surface area contributed by atoms with Crippen molar-refractivity contribution in [1.82, 2.24) is 15.6 Å². The first kappa shape index (κ1) is 15.9. The number of nitrogens with zero attached hydrogens (tertiary/aromatic N) is 2. The first-order chi connectivity index (χ1) is 9.15. The minimum atomic E-state index is 0.248. The van der Waals surface area contributed by atoms with Gasteiger partial charge in [-0.2, -0.15) is 0 Å². The topological polar surface area (TPSA) is 58.5 Å². The molecule has 5 nitrogen and oxygen atoms in total. The fraction of sp³-hybridized carbons (Fsp3) is 0.692. The summed E-state index contributed by atoms with van der Waals surface area (Å²) in [5.74, 6) is 0.819. The first-order valence-electron chi connectivity index (χ1n) is 6.52. The van der Waals surface area contributed by atoms with Gasteiger partial charge in [0.05, 0.1) is 11.6 Å². The summed E-state index contributed by atoms with van der Waals surface area (Å²) in [5, 5.41) is 9.86. The molecular formula is C13H24N4OS. The van der Waals surface area contributed by atoms with Crippen molar-refractivity contribution in [2.75, 3.05) is 27.3 Å². The number of aryl methyl sites for hydroxylation is 2. The molecule has 0 saturated heterocycles. The zero-order chi connectivity index (χ0) is 14.1. The van der Waals surface area contributed by atoms with Crippen LogP contribution in [0.5, 0.6) is 0 Å². The first-order valence-corrected chi connectivity index (χ1v) is 7.40. The molecule has 0 amide bonds. The second kappa shape index (κ2) is 8.87. The molecule has 1 aromatic rings. The van der Waals surface area contributed by atoms with Gasteiger partial charge in [-0.05, 0) is 20.3 Å². The van der Waals surface area contributed by atoms with Crippen LogP contribution in [0.3, 0.4) is 0 Å². The van der Waals surface area contributed by atoms with Gasteiger partial charge in [0.1, 0.15) is 0 Å². The van der Waals surface area contributed by atoms with E-state index in [2.05, 4.69) is 32.9 Å². The van der Waals surface area contributed by atoms with Crippen molar-refractivity contribution >= 4 is 17.3 Å². The lowest BCUT2D eigenvalue weighted by Gasteiger charge is -2.16. The lowest BCUT2D eigenvalue weighted by Crippen LogP contribution is -2.44. The molecule has 0 radical (unpaired) electrons. The smallest absolute Gasteiger partial charge is 0.191 e. The van der Waals surface area contributed by atoms with E-state index in [1.165, 1.54) is 5.01 Å². The molecular weight excluding hydrogens is 260 g/mol. The van der Waals surface area contributed by atoms with Crippen LogP contribution < -0.4 is 10.6 Å². The highest BCUT2D eigenvalue weighted by atomic mass is 32.1. The molecule has 1 aromatic heterocycles. The highest BCUT2D eigenvalue weighted by Gasteiger charge is 2.04. The Labute approximate surface area is 119 Å². The predicted octanol–water partition coefficient (Wildman–Crippen LogP) is 1.58. The van der Waals surface area contributed by atoms with E-state index in [0.717, 1.165) is 31.0 Å². The summed E-state index contributed by atoms with van der Waals surface area (Å²) in [4.78, 5) is 8.63. The minimum Gasteiger partial charge on any atom is -0.383 e. The van der Waals surface area contributed by atoms with Crippen molar-refractivity contribution in [2.24, 2.45) is 4.99 Å². The molecule has 1 unspecified atom stereocenters. The molecule has 0 saturated carbocycles. The van der Waals surface area contributed by atoms with E-state index in [1.54, 1.807) is 25.5 Å². The van der Waals surface area contributed by atoms with Gasteiger partial charge in [-0.25, -0.2) is 4.98 Å². The van der Waals surface area contributed by atoms with E-state index < -0.39 is 0 Å². The molecule has 0 aliphatic carbocycles. The van der Waals surface area contributed by atoms with E-state index in [4.69, 9.17) is 4.74 Å². The number of aromatic nitrogens is 1. The summed E-state index contributed by atoms with van der Waals surface area (Å²) in [6.07, 6.45) is 2.06. The minimum absolute atomic E-state index is 0.248. The standard InChI is InChI=1S/C13H24N4OS/c1-10(8-18-4)17-13(14-3)15-7-5-6-12-16-11(2)9-19-12/h9-10H,5-8H2,1-4H3,(H2,14,15,17). The van der Waals surface area contributed by atoms with Gasteiger partial charge in [0.2, 0.25) is 0 Å². The number of rotatable bonds is 7. The van der Waals surface area contributed by atoms with Crippen LogP contribution >= 0.6 is 11.3 Å². The lowest BCUT2D eigenvalue weighted by molar-refractivity contribution is 0.179. The SMILES string of the molecule is CN=C(NCCCc1nc(C)cs1)NC(C)COC. The number of nitrogens with one attached hydrogen (secondary N) is 2. The van der Waals surface area contributed by atoms with Crippen LogP contribution in [0.15, 0.2) is 10.4 Å². The van der Waals surface area contributed by atoms with E-state index >= 15 is 0 Å². The van der Waals surface area contributed by atoms with Crippen molar-refractivity contribution in [3.05, 3.63) is 16.1 Å². The summed E-state index contributed by atoms with van der Waals surface area (Å²) >= 11 is 1.73. The molecule has 6 heteroatoms. The molecule has 2 N–H and O–H groups in total. The number of aliphatic imine (C=N–C) groups is 1. The number of thiazole rings is 1. The average Bonchev–Trinajstić information content (AvgIpc) is 2.79. The Hall–Kier alpha value is -1.14. The number of ether oxygens (including phenoxy) is 1. The normalized spacial score (nSPS) is 13.4. The summed E-state index contributed by atoms with van der Waals surface area (Å²) in [7, 11) is 3.48.